The molecule has 2 atom stereocenters. The zero-order chi connectivity index (χ0) is 18.5. The maximum Gasteiger partial charge on any atom is 0.119 e. The number of benzene rings is 1. The fourth-order valence-electron chi connectivity index (χ4n) is 4.35. The van der Waals surface area contributed by atoms with Crippen LogP contribution in [0, 0.1) is 5.92 Å². The Morgan fingerprint density at radius 2 is 2.26 bits per heavy atom. The van der Waals surface area contributed by atoms with Crippen molar-refractivity contribution < 1.29 is 9.47 Å². The Morgan fingerprint density at radius 3 is 3.04 bits per heavy atom. The van der Waals surface area contributed by atoms with Gasteiger partial charge in [0, 0.05) is 42.8 Å². The van der Waals surface area contributed by atoms with Crippen molar-refractivity contribution in [2.45, 2.75) is 31.8 Å². The number of rotatable bonds is 8. The third kappa shape index (κ3) is 4.34. The van der Waals surface area contributed by atoms with E-state index >= 15 is 0 Å². The molecule has 0 bridgehead atoms. The number of methoxy groups -OCH3 is 1. The number of hydrogen-bond donors (Lipinski definition) is 2. The largest absolute Gasteiger partial charge is 0.497 e. The molecule has 4 rings (SSSR count). The van der Waals surface area contributed by atoms with Crippen LogP contribution >= 0.6 is 0 Å². The highest BCUT2D eigenvalue weighted by atomic mass is 16.5. The lowest BCUT2D eigenvalue weighted by Crippen LogP contribution is -2.45. The van der Waals surface area contributed by atoms with Crippen molar-refractivity contribution in [1.82, 2.24) is 20.4 Å². The summed E-state index contributed by atoms with van der Waals surface area (Å²) in [6.07, 6.45) is 5.76. The molecule has 6 nitrogen and oxygen atoms in total. The number of aromatic nitrogens is 2. The summed E-state index contributed by atoms with van der Waals surface area (Å²) in [5, 5.41) is 11.1. The van der Waals surface area contributed by atoms with E-state index in [9.17, 15) is 0 Å². The molecule has 2 aliphatic rings. The quantitative estimate of drug-likeness (QED) is 0.748. The summed E-state index contributed by atoms with van der Waals surface area (Å²) >= 11 is 0. The van der Waals surface area contributed by atoms with Crippen LogP contribution in [-0.4, -0.2) is 61.1 Å². The molecule has 2 N–H and O–H groups in total. The van der Waals surface area contributed by atoms with E-state index in [1.807, 2.05) is 24.4 Å². The first-order chi connectivity index (χ1) is 13.3. The van der Waals surface area contributed by atoms with E-state index in [-0.39, 0.29) is 0 Å². The Bertz CT molecular complexity index is 704. The summed E-state index contributed by atoms with van der Waals surface area (Å²) in [7, 11) is 1.69. The van der Waals surface area contributed by atoms with E-state index < -0.39 is 0 Å². The number of aromatic amines is 1. The van der Waals surface area contributed by atoms with Gasteiger partial charge in [0.05, 0.1) is 25.6 Å². The Morgan fingerprint density at radius 1 is 1.37 bits per heavy atom. The number of nitrogens with one attached hydrogen (secondary N) is 2. The highest BCUT2D eigenvalue weighted by Crippen LogP contribution is 2.26. The fourth-order valence-corrected chi connectivity index (χ4v) is 4.35. The number of nitrogens with zero attached hydrogens (tertiary/aromatic N) is 2. The van der Waals surface area contributed by atoms with Crippen molar-refractivity contribution in [1.29, 1.82) is 0 Å². The first-order valence-corrected chi connectivity index (χ1v) is 10.0. The Labute approximate surface area is 161 Å². The van der Waals surface area contributed by atoms with E-state index in [4.69, 9.17) is 9.47 Å². The zero-order valence-electron chi connectivity index (χ0n) is 16.1. The molecular weight excluding hydrogens is 340 g/mol. The van der Waals surface area contributed by atoms with E-state index in [0.717, 1.165) is 43.3 Å². The number of likely N-dealkylation sites (tertiary alicyclic amines) is 1. The van der Waals surface area contributed by atoms with E-state index in [1.165, 1.54) is 37.9 Å². The molecule has 0 radical (unpaired) electrons. The maximum atomic E-state index is 5.67. The molecule has 0 spiro atoms. The van der Waals surface area contributed by atoms with Crippen LogP contribution in [0.1, 0.15) is 24.8 Å². The molecular formula is C21H30N4O2. The zero-order valence-corrected chi connectivity index (χ0v) is 16.1. The molecule has 2 saturated heterocycles. The maximum absolute atomic E-state index is 5.67. The van der Waals surface area contributed by atoms with E-state index in [1.54, 1.807) is 7.11 Å². The third-order valence-electron chi connectivity index (χ3n) is 5.86. The molecule has 6 heteroatoms. The summed E-state index contributed by atoms with van der Waals surface area (Å²) in [5.74, 6) is 1.51. The lowest BCUT2D eigenvalue weighted by molar-refractivity contribution is 0.134. The minimum Gasteiger partial charge on any atom is -0.497 e. The standard InChI is InChI=1S/C21H30N4O2/c1-26-19-6-4-5-16(11-19)21-18(13-23-24-21)12-22-14-20(17-7-10-27-15-17)25-8-2-3-9-25/h4-6,11,13,17,20,22H,2-3,7-10,12,14-15H2,1H3,(H,23,24)/t17-,20-/m1/s1. The van der Waals surface area contributed by atoms with Gasteiger partial charge in [-0.1, -0.05) is 12.1 Å². The Balaban J connectivity index is 1.40. The second-order valence-corrected chi connectivity index (χ2v) is 7.57. The second-order valence-electron chi connectivity index (χ2n) is 7.57. The van der Waals surface area contributed by atoms with Gasteiger partial charge >= 0.3 is 0 Å². The lowest BCUT2D eigenvalue weighted by atomic mass is 9.97. The average Bonchev–Trinajstić information content (AvgIpc) is 3.48. The molecule has 0 unspecified atom stereocenters. The summed E-state index contributed by atoms with van der Waals surface area (Å²) in [6, 6.07) is 8.67. The highest BCUT2D eigenvalue weighted by Gasteiger charge is 2.31. The van der Waals surface area contributed by atoms with E-state index in [2.05, 4.69) is 26.5 Å². The normalized spacial score (nSPS) is 21.6. The molecule has 0 amide bonds. The fraction of sp³-hybridized carbons (Fsp3) is 0.571. The molecule has 0 aliphatic carbocycles. The first kappa shape index (κ1) is 18.5. The van der Waals surface area contributed by atoms with Gasteiger partial charge in [-0.2, -0.15) is 5.10 Å². The van der Waals surface area contributed by atoms with Crippen LogP contribution in [0.15, 0.2) is 30.5 Å². The smallest absolute Gasteiger partial charge is 0.119 e. The Kier molecular flexibility index (Phi) is 6.07. The monoisotopic (exact) mass is 370 g/mol. The second kappa shape index (κ2) is 8.87. The van der Waals surface area contributed by atoms with Crippen LogP contribution < -0.4 is 10.1 Å². The summed E-state index contributed by atoms with van der Waals surface area (Å²) in [5.41, 5.74) is 3.35. The van der Waals surface area contributed by atoms with Gasteiger partial charge in [0.25, 0.3) is 0 Å². The molecule has 0 saturated carbocycles. The van der Waals surface area contributed by atoms with Crippen molar-refractivity contribution in [3.63, 3.8) is 0 Å². The molecule has 146 valence electrons. The number of hydrogen-bond acceptors (Lipinski definition) is 5. The van der Waals surface area contributed by atoms with Crippen molar-refractivity contribution in [2.24, 2.45) is 5.92 Å². The molecule has 2 aliphatic heterocycles. The van der Waals surface area contributed by atoms with Crippen LogP contribution in [0.5, 0.6) is 5.75 Å². The van der Waals surface area contributed by atoms with Gasteiger partial charge in [0.2, 0.25) is 0 Å². The number of ether oxygens (including phenoxy) is 2. The molecule has 27 heavy (non-hydrogen) atoms. The van der Waals surface area contributed by atoms with Gasteiger partial charge in [-0.3, -0.25) is 10.00 Å². The van der Waals surface area contributed by atoms with Crippen molar-refractivity contribution in [2.75, 3.05) is 40.0 Å². The van der Waals surface area contributed by atoms with Gasteiger partial charge in [-0.25, -0.2) is 0 Å². The minimum absolute atomic E-state index is 0.571. The summed E-state index contributed by atoms with van der Waals surface area (Å²) in [4.78, 5) is 2.66. The van der Waals surface area contributed by atoms with Gasteiger partial charge in [0.1, 0.15) is 5.75 Å². The Hall–Kier alpha value is -1.89. The molecule has 1 aromatic carbocycles. The first-order valence-electron chi connectivity index (χ1n) is 10.0. The van der Waals surface area contributed by atoms with E-state index in [0.29, 0.717) is 12.0 Å². The highest BCUT2D eigenvalue weighted by molar-refractivity contribution is 5.64. The predicted octanol–water partition coefficient (Wildman–Crippen LogP) is 2.68. The molecule has 2 fully saturated rings. The van der Waals surface area contributed by atoms with Gasteiger partial charge in [-0.05, 0) is 44.5 Å². The average molecular weight is 370 g/mol. The van der Waals surface area contributed by atoms with Gasteiger partial charge in [0.15, 0.2) is 0 Å². The van der Waals surface area contributed by atoms with Gasteiger partial charge < -0.3 is 14.8 Å². The third-order valence-corrected chi connectivity index (χ3v) is 5.86. The molecule has 1 aromatic heterocycles. The lowest BCUT2D eigenvalue weighted by Gasteiger charge is -2.32. The van der Waals surface area contributed by atoms with Crippen LogP contribution in [0.3, 0.4) is 0 Å². The van der Waals surface area contributed by atoms with Crippen molar-refractivity contribution in [3.8, 4) is 17.0 Å². The van der Waals surface area contributed by atoms with Crippen LogP contribution in [-0.2, 0) is 11.3 Å². The summed E-state index contributed by atoms with van der Waals surface area (Å²) < 4.78 is 11.0. The molecule has 2 aromatic rings. The summed E-state index contributed by atoms with van der Waals surface area (Å²) in [6.45, 7) is 6.07. The van der Waals surface area contributed by atoms with Crippen LogP contribution in [0.2, 0.25) is 0 Å². The van der Waals surface area contributed by atoms with Crippen molar-refractivity contribution >= 4 is 0 Å². The SMILES string of the molecule is COc1cccc(-c2[nH]ncc2CNC[C@H]([C@@H]2CCOC2)N2CCCC2)c1. The topological polar surface area (TPSA) is 62.4 Å². The van der Waals surface area contributed by atoms with Gasteiger partial charge in [-0.15, -0.1) is 0 Å². The minimum atomic E-state index is 0.571. The van der Waals surface area contributed by atoms with Crippen molar-refractivity contribution in [3.05, 3.63) is 36.0 Å². The number of H-pyrrole nitrogens is 1. The van der Waals surface area contributed by atoms with Crippen LogP contribution in [0.4, 0.5) is 0 Å². The predicted molar refractivity (Wildman–Crippen MR) is 106 cm³/mol. The van der Waals surface area contributed by atoms with Crippen LogP contribution in [0.25, 0.3) is 11.3 Å². The molecule has 3 heterocycles.